The van der Waals surface area contributed by atoms with Crippen LogP contribution >= 0.6 is 30.8 Å². The molecule has 1 aromatic rings. The lowest BCUT2D eigenvalue weighted by molar-refractivity contribution is 0.101. The molecular weight excluding hydrogens is 322 g/mol. The highest BCUT2D eigenvalue weighted by atomic mass is 35.5. The Bertz CT molecular complexity index is 491. The van der Waals surface area contributed by atoms with Crippen LogP contribution in [0, 0.1) is 0 Å². The Hall–Kier alpha value is -0.0900. The number of aliphatic hydroxyl groups excluding tert-OH is 1. The van der Waals surface area contributed by atoms with Crippen LogP contribution in [0.4, 0.5) is 0 Å². The Morgan fingerprint density at radius 3 is 2.00 bits per heavy atom. The highest BCUT2D eigenvalue weighted by Gasteiger charge is 2.39. The number of halogens is 2. The van der Waals surface area contributed by atoms with E-state index >= 15 is 0 Å². The third-order valence-electron chi connectivity index (χ3n) is 2.26. The lowest BCUT2D eigenvalue weighted by atomic mass is 10.2. The van der Waals surface area contributed by atoms with Gasteiger partial charge in [-0.15, -0.1) is 0 Å². The molecule has 0 amide bonds. The number of benzene rings is 1. The van der Waals surface area contributed by atoms with Crippen LogP contribution in [0.15, 0.2) is 18.2 Å². The summed E-state index contributed by atoms with van der Waals surface area (Å²) in [4.78, 5) is 0. The van der Waals surface area contributed by atoms with Gasteiger partial charge in [0.25, 0.3) is 0 Å². The lowest BCUT2D eigenvalue weighted by Crippen LogP contribution is -2.13. The van der Waals surface area contributed by atoms with E-state index in [9.17, 15) is 9.67 Å². The monoisotopic (exact) mass is 340 g/mol. The summed E-state index contributed by atoms with van der Waals surface area (Å²) in [6.45, 7) is 6.86. The van der Waals surface area contributed by atoms with Gasteiger partial charge >= 0.3 is 7.60 Å². The van der Waals surface area contributed by atoms with E-state index < -0.39 is 13.4 Å². The van der Waals surface area contributed by atoms with Gasteiger partial charge in [-0.05, 0) is 39.8 Å². The van der Waals surface area contributed by atoms with Gasteiger partial charge in [0.1, 0.15) is 0 Å². The normalized spacial score (nSPS) is 14.1. The van der Waals surface area contributed by atoms with Crippen molar-refractivity contribution in [2.45, 2.75) is 45.7 Å². The Morgan fingerprint density at radius 2 is 1.60 bits per heavy atom. The van der Waals surface area contributed by atoms with Crippen molar-refractivity contribution < 1.29 is 18.7 Å². The molecular formula is C13H19Cl2O4P. The highest BCUT2D eigenvalue weighted by molar-refractivity contribution is 7.54. The molecule has 0 radical (unpaired) electrons. The third-order valence-corrected chi connectivity index (χ3v) is 5.13. The molecule has 0 spiro atoms. The van der Waals surface area contributed by atoms with E-state index in [2.05, 4.69) is 0 Å². The fraction of sp³-hybridized carbons (Fsp3) is 0.538. The molecule has 1 N–H and O–H groups in total. The van der Waals surface area contributed by atoms with Crippen LogP contribution in [0.2, 0.25) is 10.0 Å². The first-order valence-corrected chi connectivity index (χ1v) is 8.62. The molecule has 0 saturated heterocycles. The standard InChI is InChI=1S/C13H19Cl2O4P/c1-8(2)18-20(17,19-9(3)4)13(16)11-6-5-10(14)7-12(11)15/h5-9,13,16H,1-4H3/t13-/m0/s1. The predicted molar refractivity (Wildman–Crippen MR) is 81.5 cm³/mol. The largest absolute Gasteiger partial charge is 0.376 e. The second kappa shape index (κ2) is 7.26. The summed E-state index contributed by atoms with van der Waals surface area (Å²) in [6, 6.07) is 4.53. The summed E-state index contributed by atoms with van der Waals surface area (Å²) < 4.78 is 23.5. The second-order valence-electron chi connectivity index (χ2n) is 4.89. The molecule has 1 atom stereocenters. The predicted octanol–water partition coefficient (Wildman–Crippen LogP) is 5.03. The number of rotatable bonds is 6. The maximum Gasteiger partial charge on any atom is 0.363 e. The van der Waals surface area contributed by atoms with Crippen molar-refractivity contribution in [3.8, 4) is 0 Å². The van der Waals surface area contributed by atoms with Crippen molar-refractivity contribution in [2.75, 3.05) is 0 Å². The third kappa shape index (κ3) is 4.73. The van der Waals surface area contributed by atoms with E-state index in [1.807, 2.05) is 0 Å². The maximum atomic E-state index is 12.8. The Kier molecular flexibility index (Phi) is 6.52. The Labute approximate surface area is 129 Å². The van der Waals surface area contributed by atoms with E-state index in [1.165, 1.54) is 12.1 Å². The van der Waals surface area contributed by atoms with Gasteiger partial charge in [-0.25, -0.2) is 0 Å². The molecule has 114 valence electrons. The topological polar surface area (TPSA) is 55.8 Å². The molecule has 20 heavy (non-hydrogen) atoms. The molecule has 0 saturated carbocycles. The summed E-state index contributed by atoms with van der Waals surface area (Å²) in [7, 11) is -3.76. The molecule has 0 fully saturated rings. The summed E-state index contributed by atoms with van der Waals surface area (Å²) in [5.41, 5.74) is 0.265. The van der Waals surface area contributed by atoms with Gasteiger partial charge in [-0.2, -0.15) is 0 Å². The molecule has 0 aliphatic heterocycles. The van der Waals surface area contributed by atoms with Gasteiger partial charge in [0.2, 0.25) is 0 Å². The average molecular weight is 341 g/mol. The first-order valence-electron chi connectivity index (χ1n) is 6.25. The van der Waals surface area contributed by atoms with E-state index in [0.717, 1.165) is 0 Å². The van der Waals surface area contributed by atoms with Gasteiger partial charge in [-0.3, -0.25) is 4.57 Å². The van der Waals surface area contributed by atoms with Gasteiger partial charge in [0.15, 0.2) is 5.85 Å². The fourth-order valence-corrected chi connectivity index (χ4v) is 4.22. The summed E-state index contributed by atoms with van der Waals surface area (Å²) in [5.74, 6) is -1.46. The van der Waals surface area contributed by atoms with Crippen molar-refractivity contribution >= 4 is 30.8 Å². The molecule has 0 unspecified atom stereocenters. The van der Waals surface area contributed by atoms with Crippen molar-refractivity contribution in [1.29, 1.82) is 0 Å². The minimum atomic E-state index is -3.76. The molecule has 0 bridgehead atoms. The molecule has 1 rings (SSSR count). The molecule has 0 aliphatic carbocycles. The van der Waals surface area contributed by atoms with E-state index in [-0.39, 0.29) is 22.8 Å². The summed E-state index contributed by atoms with van der Waals surface area (Å²) >= 11 is 11.8. The van der Waals surface area contributed by atoms with Crippen LogP contribution in [0.25, 0.3) is 0 Å². The molecule has 1 aromatic carbocycles. The van der Waals surface area contributed by atoms with Crippen molar-refractivity contribution in [2.24, 2.45) is 0 Å². The average Bonchev–Trinajstić information content (AvgIpc) is 2.25. The molecule has 0 aromatic heterocycles. The van der Waals surface area contributed by atoms with Gasteiger partial charge in [0, 0.05) is 15.6 Å². The van der Waals surface area contributed by atoms with Crippen LogP contribution in [0.3, 0.4) is 0 Å². The van der Waals surface area contributed by atoms with Crippen LogP contribution in [0.5, 0.6) is 0 Å². The maximum absolute atomic E-state index is 12.8. The van der Waals surface area contributed by atoms with Crippen molar-refractivity contribution in [3.05, 3.63) is 33.8 Å². The van der Waals surface area contributed by atoms with E-state index in [1.54, 1.807) is 33.8 Å². The van der Waals surface area contributed by atoms with Crippen LogP contribution in [-0.4, -0.2) is 17.3 Å². The van der Waals surface area contributed by atoms with Gasteiger partial charge < -0.3 is 14.2 Å². The minimum absolute atomic E-state index is 0.213. The zero-order valence-corrected chi connectivity index (χ0v) is 14.2. The van der Waals surface area contributed by atoms with Crippen molar-refractivity contribution in [1.82, 2.24) is 0 Å². The number of aliphatic hydroxyl groups is 1. The van der Waals surface area contributed by atoms with Crippen LogP contribution < -0.4 is 0 Å². The lowest BCUT2D eigenvalue weighted by Gasteiger charge is -2.27. The smallest absolute Gasteiger partial charge is 0.363 e. The second-order valence-corrected chi connectivity index (χ2v) is 7.72. The van der Waals surface area contributed by atoms with Crippen LogP contribution in [-0.2, 0) is 13.6 Å². The van der Waals surface area contributed by atoms with Crippen LogP contribution in [0.1, 0.15) is 39.1 Å². The van der Waals surface area contributed by atoms with Crippen molar-refractivity contribution in [3.63, 3.8) is 0 Å². The quantitative estimate of drug-likeness (QED) is 0.738. The number of hydrogen-bond donors (Lipinski definition) is 1. The molecule has 4 nitrogen and oxygen atoms in total. The Balaban J connectivity index is 3.15. The summed E-state index contributed by atoms with van der Waals surface area (Å²) in [6.07, 6.45) is -0.722. The zero-order chi connectivity index (χ0) is 15.5. The molecule has 0 aliphatic rings. The molecule has 7 heteroatoms. The summed E-state index contributed by atoms with van der Waals surface area (Å²) in [5, 5.41) is 11.0. The first kappa shape index (κ1) is 18.0. The van der Waals surface area contributed by atoms with E-state index in [0.29, 0.717) is 5.02 Å². The highest BCUT2D eigenvalue weighted by Crippen LogP contribution is 2.62. The minimum Gasteiger partial charge on any atom is -0.376 e. The zero-order valence-electron chi connectivity index (χ0n) is 11.8. The first-order chi connectivity index (χ1) is 9.15. The SMILES string of the molecule is CC(C)OP(=O)(OC(C)C)[C@H](O)c1ccc(Cl)cc1Cl. The number of hydrogen-bond acceptors (Lipinski definition) is 4. The fourth-order valence-electron chi connectivity index (χ4n) is 1.61. The molecule has 0 heterocycles. The Morgan fingerprint density at radius 1 is 1.10 bits per heavy atom. The van der Waals surface area contributed by atoms with E-state index in [4.69, 9.17) is 32.2 Å². The van der Waals surface area contributed by atoms with Gasteiger partial charge in [-0.1, -0.05) is 29.3 Å². The van der Waals surface area contributed by atoms with Gasteiger partial charge in [0.05, 0.1) is 12.2 Å².